The van der Waals surface area contributed by atoms with E-state index in [1.165, 1.54) is 10.7 Å². The van der Waals surface area contributed by atoms with E-state index >= 15 is 0 Å². The van der Waals surface area contributed by atoms with Crippen LogP contribution in [0.2, 0.25) is 0 Å². The molecule has 1 atom stereocenters. The zero-order chi connectivity index (χ0) is 13.4. The summed E-state index contributed by atoms with van der Waals surface area (Å²) in [7, 11) is 0. The van der Waals surface area contributed by atoms with E-state index < -0.39 is 0 Å². The number of nitrogens with two attached hydrogens (primary N) is 1. The largest absolute Gasteiger partial charge is 0.492 e. The first-order valence-corrected chi connectivity index (χ1v) is 6.57. The van der Waals surface area contributed by atoms with E-state index in [1.807, 2.05) is 0 Å². The summed E-state index contributed by atoms with van der Waals surface area (Å²) in [5, 5.41) is 4.13. The Bertz CT molecular complexity index is 403. The highest BCUT2D eigenvalue weighted by atomic mass is 16.5. The monoisotopic (exact) mass is 253 g/mol. The normalized spacial score (nSPS) is 12.4. The van der Waals surface area contributed by atoms with E-state index in [4.69, 9.17) is 10.5 Å². The number of hydrogen-bond acceptors (Lipinski definition) is 4. The summed E-state index contributed by atoms with van der Waals surface area (Å²) in [5.41, 5.74) is 5.26. The zero-order valence-electron chi connectivity index (χ0n) is 11.3. The van der Waals surface area contributed by atoms with Gasteiger partial charge in [-0.2, -0.15) is 5.10 Å². The topological polar surface area (TPSA) is 70.1 Å². The first-order chi connectivity index (χ1) is 8.67. The van der Waals surface area contributed by atoms with Crippen LogP contribution in [0.3, 0.4) is 0 Å². The van der Waals surface area contributed by atoms with Crippen LogP contribution in [0.5, 0.6) is 5.75 Å². The molecule has 1 aromatic rings. The standard InChI is InChI=1S/C13H23N3O2/c1-3-5-11(2)10-16-13(17)8-12(9-15-16)18-7-4-6-14/h8-9,11H,3-7,10,14H2,1-2H3. The Hall–Kier alpha value is -1.36. The van der Waals surface area contributed by atoms with Crippen LogP contribution < -0.4 is 16.0 Å². The second-order valence-electron chi connectivity index (χ2n) is 4.60. The SMILES string of the molecule is CCCC(C)Cn1ncc(OCCCN)cc1=O. The third-order valence-electron chi connectivity index (χ3n) is 2.73. The Morgan fingerprint density at radius 3 is 2.94 bits per heavy atom. The molecule has 2 N–H and O–H groups in total. The maximum absolute atomic E-state index is 11.8. The second kappa shape index (κ2) is 7.87. The summed E-state index contributed by atoms with van der Waals surface area (Å²) in [6, 6.07) is 1.49. The molecule has 1 heterocycles. The fraction of sp³-hybridized carbons (Fsp3) is 0.692. The summed E-state index contributed by atoms with van der Waals surface area (Å²) in [5.74, 6) is 0.983. The molecule has 0 bridgehead atoms. The van der Waals surface area contributed by atoms with Gasteiger partial charge in [0, 0.05) is 12.6 Å². The van der Waals surface area contributed by atoms with E-state index in [-0.39, 0.29) is 5.56 Å². The average Bonchev–Trinajstić information content (AvgIpc) is 2.33. The number of ether oxygens (including phenoxy) is 1. The summed E-state index contributed by atoms with van der Waals surface area (Å²) in [6.07, 6.45) is 4.59. The van der Waals surface area contributed by atoms with Gasteiger partial charge in [-0.25, -0.2) is 4.68 Å². The highest BCUT2D eigenvalue weighted by Gasteiger charge is 2.06. The van der Waals surface area contributed by atoms with Crippen molar-refractivity contribution in [3.63, 3.8) is 0 Å². The number of nitrogens with zero attached hydrogens (tertiary/aromatic N) is 2. The molecule has 0 fully saturated rings. The van der Waals surface area contributed by atoms with Gasteiger partial charge in [0.15, 0.2) is 0 Å². The van der Waals surface area contributed by atoms with Crippen LogP contribution >= 0.6 is 0 Å². The molecule has 18 heavy (non-hydrogen) atoms. The van der Waals surface area contributed by atoms with Gasteiger partial charge in [0.2, 0.25) is 0 Å². The van der Waals surface area contributed by atoms with Crippen molar-refractivity contribution in [1.29, 1.82) is 0 Å². The maximum Gasteiger partial charge on any atom is 0.270 e. The van der Waals surface area contributed by atoms with Crippen LogP contribution in [0.4, 0.5) is 0 Å². The molecule has 0 amide bonds. The minimum Gasteiger partial charge on any atom is -0.492 e. The van der Waals surface area contributed by atoms with Crippen molar-refractivity contribution in [3.05, 3.63) is 22.6 Å². The molecule has 0 aromatic carbocycles. The summed E-state index contributed by atoms with van der Waals surface area (Å²) < 4.78 is 6.88. The van der Waals surface area contributed by atoms with Gasteiger partial charge in [-0.3, -0.25) is 4.79 Å². The molecular weight excluding hydrogens is 230 g/mol. The first-order valence-electron chi connectivity index (χ1n) is 6.57. The lowest BCUT2D eigenvalue weighted by molar-refractivity contribution is 0.307. The van der Waals surface area contributed by atoms with Gasteiger partial charge in [-0.15, -0.1) is 0 Å². The second-order valence-corrected chi connectivity index (χ2v) is 4.60. The van der Waals surface area contributed by atoms with Gasteiger partial charge in [-0.1, -0.05) is 20.3 Å². The Balaban J connectivity index is 2.59. The molecule has 5 nitrogen and oxygen atoms in total. The van der Waals surface area contributed by atoms with Gasteiger partial charge in [-0.05, 0) is 25.3 Å². The Morgan fingerprint density at radius 1 is 1.56 bits per heavy atom. The van der Waals surface area contributed by atoms with Crippen molar-refractivity contribution < 1.29 is 4.74 Å². The van der Waals surface area contributed by atoms with Crippen molar-refractivity contribution >= 4 is 0 Å². The quantitative estimate of drug-likeness (QED) is 0.711. The highest BCUT2D eigenvalue weighted by Crippen LogP contribution is 2.08. The molecule has 1 unspecified atom stereocenters. The van der Waals surface area contributed by atoms with Crippen molar-refractivity contribution in [1.82, 2.24) is 9.78 Å². The summed E-state index contributed by atoms with van der Waals surface area (Å²) >= 11 is 0. The van der Waals surface area contributed by atoms with Gasteiger partial charge in [0.1, 0.15) is 5.75 Å². The van der Waals surface area contributed by atoms with Crippen LogP contribution in [0.1, 0.15) is 33.1 Å². The van der Waals surface area contributed by atoms with Crippen LogP contribution in [0, 0.1) is 5.92 Å². The lowest BCUT2D eigenvalue weighted by Gasteiger charge is -2.11. The molecule has 0 aliphatic rings. The van der Waals surface area contributed by atoms with Crippen molar-refractivity contribution in [3.8, 4) is 5.75 Å². The average molecular weight is 253 g/mol. The van der Waals surface area contributed by atoms with E-state index in [1.54, 1.807) is 6.20 Å². The molecule has 5 heteroatoms. The summed E-state index contributed by atoms with van der Waals surface area (Å²) in [4.78, 5) is 11.8. The smallest absolute Gasteiger partial charge is 0.270 e. The van der Waals surface area contributed by atoms with Crippen LogP contribution in [0.25, 0.3) is 0 Å². The van der Waals surface area contributed by atoms with Crippen molar-refractivity contribution in [2.45, 2.75) is 39.7 Å². The fourth-order valence-corrected chi connectivity index (χ4v) is 1.79. The lowest BCUT2D eigenvalue weighted by Crippen LogP contribution is -2.25. The maximum atomic E-state index is 11.8. The van der Waals surface area contributed by atoms with Crippen LogP contribution in [-0.4, -0.2) is 22.9 Å². The molecular formula is C13H23N3O2. The van der Waals surface area contributed by atoms with Crippen molar-refractivity contribution in [2.24, 2.45) is 11.7 Å². The molecule has 0 aliphatic heterocycles. The predicted octanol–water partition coefficient (Wildman–Crippen LogP) is 1.41. The lowest BCUT2D eigenvalue weighted by atomic mass is 10.1. The molecule has 0 radical (unpaired) electrons. The number of rotatable bonds is 8. The van der Waals surface area contributed by atoms with E-state index in [9.17, 15) is 4.79 Å². The molecule has 0 saturated carbocycles. The predicted molar refractivity (Wildman–Crippen MR) is 71.7 cm³/mol. The molecule has 102 valence electrons. The van der Waals surface area contributed by atoms with Gasteiger partial charge in [0.05, 0.1) is 12.8 Å². The third kappa shape index (κ3) is 4.87. The Morgan fingerprint density at radius 2 is 2.33 bits per heavy atom. The first kappa shape index (κ1) is 14.7. The fourth-order valence-electron chi connectivity index (χ4n) is 1.79. The molecule has 0 aliphatic carbocycles. The number of aromatic nitrogens is 2. The molecule has 0 spiro atoms. The zero-order valence-corrected chi connectivity index (χ0v) is 11.3. The van der Waals surface area contributed by atoms with Gasteiger partial charge < -0.3 is 10.5 Å². The van der Waals surface area contributed by atoms with E-state index in [0.29, 0.717) is 31.4 Å². The third-order valence-corrected chi connectivity index (χ3v) is 2.73. The van der Waals surface area contributed by atoms with E-state index in [0.717, 1.165) is 19.3 Å². The van der Waals surface area contributed by atoms with Gasteiger partial charge in [0.25, 0.3) is 5.56 Å². The Labute approximate surface area is 108 Å². The minimum atomic E-state index is -0.108. The Kier molecular flexibility index (Phi) is 6.43. The van der Waals surface area contributed by atoms with Crippen molar-refractivity contribution in [2.75, 3.05) is 13.2 Å². The van der Waals surface area contributed by atoms with Gasteiger partial charge >= 0.3 is 0 Å². The highest BCUT2D eigenvalue weighted by molar-refractivity contribution is 5.13. The molecule has 1 aromatic heterocycles. The summed E-state index contributed by atoms with van der Waals surface area (Å²) in [6.45, 7) is 6.03. The minimum absolute atomic E-state index is 0.108. The van der Waals surface area contributed by atoms with Crippen LogP contribution in [0.15, 0.2) is 17.1 Å². The molecule has 1 rings (SSSR count). The molecule has 0 saturated heterocycles. The number of hydrogen-bond donors (Lipinski definition) is 1. The van der Waals surface area contributed by atoms with Crippen LogP contribution in [-0.2, 0) is 6.54 Å². The van der Waals surface area contributed by atoms with E-state index in [2.05, 4.69) is 18.9 Å².